The zero-order valence-electron chi connectivity index (χ0n) is 22.8. The van der Waals surface area contributed by atoms with E-state index >= 15 is 0 Å². The predicted octanol–water partition coefficient (Wildman–Crippen LogP) is 4.26. The summed E-state index contributed by atoms with van der Waals surface area (Å²) in [7, 11) is 0. The summed E-state index contributed by atoms with van der Waals surface area (Å²) in [5.41, 5.74) is 2.66. The zero-order valence-corrected chi connectivity index (χ0v) is 23.6. The van der Waals surface area contributed by atoms with E-state index in [-0.39, 0.29) is 12.2 Å². The molecule has 9 heteroatoms. The van der Waals surface area contributed by atoms with Crippen LogP contribution in [-0.2, 0) is 14.3 Å². The molecule has 0 fully saturated rings. The highest BCUT2D eigenvalue weighted by atomic mass is 32.1. The van der Waals surface area contributed by atoms with Crippen molar-refractivity contribution in [3.05, 3.63) is 121 Å². The van der Waals surface area contributed by atoms with E-state index in [0.29, 0.717) is 44.3 Å². The van der Waals surface area contributed by atoms with Gasteiger partial charge < -0.3 is 14.2 Å². The number of rotatable bonds is 8. The average Bonchev–Trinajstić information content (AvgIpc) is 3.28. The second-order valence-electron chi connectivity index (χ2n) is 9.08. The molecular weight excluding hydrogens is 540 g/mol. The minimum absolute atomic E-state index is 0.182. The van der Waals surface area contributed by atoms with Crippen molar-refractivity contribution in [3.63, 3.8) is 0 Å². The first kappa shape index (κ1) is 27.8. The van der Waals surface area contributed by atoms with E-state index in [9.17, 15) is 14.4 Å². The molecule has 0 aliphatic carbocycles. The van der Waals surface area contributed by atoms with E-state index < -0.39 is 18.0 Å². The largest absolute Gasteiger partial charge is 0.490 e. The summed E-state index contributed by atoms with van der Waals surface area (Å²) in [4.78, 5) is 44.3. The third kappa shape index (κ3) is 5.76. The van der Waals surface area contributed by atoms with Crippen molar-refractivity contribution in [2.75, 3.05) is 13.2 Å². The van der Waals surface area contributed by atoms with E-state index in [2.05, 4.69) is 0 Å². The van der Waals surface area contributed by atoms with Crippen LogP contribution in [0.4, 0.5) is 0 Å². The highest BCUT2D eigenvalue weighted by molar-refractivity contribution is 7.07. The number of thiazole rings is 1. The van der Waals surface area contributed by atoms with Crippen molar-refractivity contribution in [1.29, 1.82) is 0 Å². The van der Waals surface area contributed by atoms with Gasteiger partial charge in [-0.25, -0.2) is 9.79 Å². The molecule has 0 N–H and O–H groups in total. The normalized spacial score (nSPS) is 14.7. The molecule has 0 spiro atoms. The summed E-state index contributed by atoms with van der Waals surface area (Å²) in [5, 5.41) is 0. The Morgan fingerprint density at radius 3 is 2.32 bits per heavy atom. The maximum Gasteiger partial charge on any atom is 0.338 e. The number of ether oxygens (including phenoxy) is 3. The summed E-state index contributed by atoms with van der Waals surface area (Å²) in [6.45, 7) is 5.45. The molecule has 1 aromatic heterocycles. The van der Waals surface area contributed by atoms with Crippen LogP contribution in [0, 0.1) is 0 Å². The Kier molecular flexibility index (Phi) is 8.26. The number of benzene rings is 3. The van der Waals surface area contributed by atoms with E-state index in [1.54, 1.807) is 35.8 Å². The fourth-order valence-electron chi connectivity index (χ4n) is 4.66. The van der Waals surface area contributed by atoms with E-state index in [0.717, 1.165) is 11.1 Å². The number of hydrogen-bond acceptors (Lipinski definition) is 8. The molecule has 208 valence electrons. The SMILES string of the molecule is CCOC(=O)C1=C(c2ccccc2)N=c2s/c(=C\c3ccc(OC(C)=O)c(OCC)c3)c(=O)n2[C@@H]1c1ccccc1. The van der Waals surface area contributed by atoms with Gasteiger partial charge in [-0.1, -0.05) is 78.1 Å². The fourth-order valence-corrected chi connectivity index (χ4v) is 5.67. The molecule has 4 aromatic rings. The van der Waals surface area contributed by atoms with Crippen LogP contribution in [-0.4, -0.2) is 29.7 Å². The van der Waals surface area contributed by atoms with Crippen LogP contribution in [0.3, 0.4) is 0 Å². The van der Waals surface area contributed by atoms with Gasteiger partial charge in [-0.15, -0.1) is 0 Å². The van der Waals surface area contributed by atoms with Gasteiger partial charge >= 0.3 is 11.9 Å². The van der Waals surface area contributed by atoms with Crippen molar-refractivity contribution in [1.82, 2.24) is 4.57 Å². The molecule has 3 aromatic carbocycles. The summed E-state index contributed by atoms with van der Waals surface area (Å²) in [6, 6.07) is 23.2. The molecule has 8 nitrogen and oxygen atoms in total. The topological polar surface area (TPSA) is 96.2 Å². The number of aromatic nitrogens is 1. The highest BCUT2D eigenvalue weighted by Crippen LogP contribution is 2.35. The first-order valence-electron chi connectivity index (χ1n) is 13.2. The molecule has 0 bridgehead atoms. The number of hydrogen-bond donors (Lipinski definition) is 0. The quantitative estimate of drug-likeness (QED) is 0.233. The standard InChI is InChI=1S/C32H28N2O6S/c1-4-38-25-18-21(16-17-24(25)40-20(3)35)19-26-30(36)34-29(23-14-10-7-11-15-23)27(31(37)39-5-2)28(33-32(34)41-26)22-12-8-6-9-13-22/h6-19,29H,4-5H2,1-3H3/b26-19-/t29-/m1/s1. The summed E-state index contributed by atoms with van der Waals surface area (Å²) >= 11 is 1.23. The van der Waals surface area contributed by atoms with Gasteiger partial charge in [0.1, 0.15) is 0 Å². The Balaban J connectivity index is 1.74. The van der Waals surface area contributed by atoms with Crippen molar-refractivity contribution in [2.45, 2.75) is 26.8 Å². The van der Waals surface area contributed by atoms with Crippen molar-refractivity contribution < 1.29 is 23.8 Å². The first-order chi connectivity index (χ1) is 19.9. The second-order valence-corrected chi connectivity index (χ2v) is 10.1. The Morgan fingerprint density at radius 1 is 0.951 bits per heavy atom. The number of nitrogens with zero attached hydrogens (tertiary/aromatic N) is 2. The summed E-state index contributed by atoms with van der Waals surface area (Å²) in [5.74, 6) is -0.295. The molecule has 41 heavy (non-hydrogen) atoms. The number of fused-ring (bicyclic) bond motifs is 1. The lowest BCUT2D eigenvalue weighted by Crippen LogP contribution is -2.39. The second kappa shape index (κ2) is 12.2. The van der Waals surface area contributed by atoms with Gasteiger partial charge in [-0.2, -0.15) is 0 Å². The van der Waals surface area contributed by atoms with Gasteiger partial charge in [-0.3, -0.25) is 14.2 Å². The highest BCUT2D eigenvalue weighted by Gasteiger charge is 2.35. The van der Waals surface area contributed by atoms with Crippen LogP contribution >= 0.6 is 11.3 Å². The number of carbonyl (C=O) groups excluding carboxylic acids is 2. The molecule has 1 aliphatic rings. The van der Waals surface area contributed by atoms with Crippen LogP contribution in [0.5, 0.6) is 11.5 Å². The molecule has 2 heterocycles. The van der Waals surface area contributed by atoms with Gasteiger partial charge in [0.2, 0.25) is 0 Å². The maximum absolute atomic E-state index is 14.0. The lowest BCUT2D eigenvalue weighted by atomic mass is 9.93. The van der Waals surface area contributed by atoms with Crippen molar-refractivity contribution >= 4 is 35.0 Å². The molecule has 0 radical (unpaired) electrons. The molecule has 1 aliphatic heterocycles. The zero-order chi connectivity index (χ0) is 28.9. The van der Waals surface area contributed by atoms with Gasteiger partial charge in [0, 0.05) is 12.5 Å². The van der Waals surface area contributed by atoms with Crippen LogP contribution in [0.25, 0.3) is 11.8 Å². The monoisotopic (exact) mass is 568 g/mol. The maximum atomic E-state index is 14.0. The van der Waals surface area contributed by atoms with Crippen LogP contribution < -0.4 is 24.4 Å². The molecule has 0 unspecified atom stereocenters. The lowest BCUT2D eigenvalue weighted by molar-refractivity contribution is -0.139. The van der Waals surface area contributed by atoms with Crippen LogP contribution in [0.15, 0.2) is 94.2 Å². The first-order valence-corrected chi connectivity index (χ1v) is 14.0. The Hall–Kier alpha value is -4.76. The molecule has 0 saturated carbocycles. The van der Waals surface area contributed by atoms with Gasteiger partial charge in [0.05, 0.1) is 35.1 Å². The molecule has 0 saturated heterocycles. The van der Waals surface area contributed by atoms with Crippen LogP contribution in [0.2, 0.25) is 0 Å². The number of esters is 2. The lowest BCUT2D eigenvalue weighted by Gasteiger charge is -2.25. The summed E-state index contributed by atoms with van der Waals surface area (Å²) in [6.07, 6.45) is 1.74. The van der Waals surface area contributed by atoms with E-state index in [4.69, 9.17) is 19.2 Å². The molecular formula is C32H28N2O6S. The van der Waals surface area contributed by atoms with Gasteiger partial charge in [-0.05, 0) is 43.2 Å². The minimum atomic E-state index is -0.741. The van der Waals surface area contributed by atoms with E-state index in [1.807, 2.05) is 67.6 Å². The van der Waals surface area contributed by atoms with Gasteiger partial charge in [0.15, 0.2) is 16.3 Å². The average molecular weight is 569 g/mol. The molecule has 0 amide bonds. The smallest absolute Gasteiger partial charge is 0.338 e. The fraction of sp³-hybridized carbons (Fsp3) is 0.188. The minimum Gasteiger partial charge on any atom is -0.490 e. The Bertz CT molecular complexity index is 1810. The van der Waals surface area contributed by atoms with Crippen molar-refractivity contribution in [2.24, 2.45) is 4.99 Å². The third-order valence-electron chi connectivity index (χ3n) is 6.31. The van der Waals surface area contributed by atoms with Crippen molar-refractivity contribution in [3.8, 4) is 11.5 Å². The third-order valence-corrected chi connectivity index (χ3v) is 7.29. The molecule has 5 rings (SSSR count). The molecule has 1 atom stereocenters. The van der Waals surface area contributed by atoms with Crippen LogP contribution in [0.1, 0.15) is 43.5 Å². The predicted molar refractivity (Wildman–Crippen MR) is 156 cm³/mol. The summed E-state index contributed by atoms with van der Waals surface area (Å²) < 4.78 is 18.4. The Morgan fingerprint density at radius 2 is 1.66 bits per heavy atom. The van der Waals surface area contributed by atoms with Gasteiger partial charge in [0.25, 0.3) is 5.56 Å². The number of carbonyl (C=O) groups is 2. The van der Waals surface area contributed by atoms with E-state index in [1.165, 1.54) is 18.3 Å². The Labute approximate surface area is 240 Å².